The number of benzene rings is 3. The molecule has 1 fully saturated rings. The van der Waals surface area contributed by atoms with Gasteiger partial charge in [0.1, 0.15) is 0 Å². The number of hydrogen-bond acceptors (Lipinski definition) is 5. The van der Waals surface area contributed by atoms with Gasteiger partial charge in [-0.05, 0) is 84.6 Å². The van der Waals surface area contributed by atoms with E-state index in [0.717, 1.165) is 44.2 Å². The number of rotatable bonds is 5. The van der Waals surface area contributed by atoms with Crippen molar-refractivity contribution in [1.29, 1.82) is 0 Å². The number of nitrogens with zero attached hydrogens (tertiary/aromatic N) is 2. The lowest BCUT2D eigenvalue weighted by atomic mass is 10.0. The fourth-order valence-electron chi connectivity index (χ4n) is 3.92. The molecule has 3 aromatic carbocycles. The molecule has 4 aromatic rings. The molecular weight excluding hydrogens is 513 g/mol. The average Bonchev–Trinajstić information content (AvgIpc) is 3.19. The van der Waals surface area contributed by atoms with Gasteiger partial charge in [-0.25, -0.2) is 0 Å². The third-order valence-corrected chi connectivity index (χ3v) is 8.47. The minimum absolute atomic E-state index is 0.673. The largest absolute Gasteiger partial charge is 0.326 e. The van der Waals surface area contributed by atoms with Crippen LogP contribution in [-0.4, -0.2) is 17.3 Å². The normalized spacial score (nSPS) is 13.7. The molecule has 2 heterocycles. The summed E-state index contributed by atoms with van der Waals surface area (Å²) in [5.41, 5.74) is 3.90. The van der Waals surface area contributed by atoms with E-state index < -0.39 is 0 Å². The maximum atomic E-state index is 6.65. The second-order valence-corrected chi connectivity index (χ2v) is 10.7. The van der Waals surface area contributed by atoms with Gasteiger partial charge >= 0.3 is 0 Å². The summed E-state index contributed by atoms with van der Waals surface area (Å²) in [6.07, 6.45) is 5.64. The molecule has 1 N–H and O–H groups in total. The van der Waals surface area contributed by atoms with Crippen molar-refractivity contribution in [2.75, 3.05) is 21.3 Å². The highest BCUT2D eigenvalue weighted by atomic mass is 35.5. The summed E-state index contributed by atoms with van der Waals surface area (Å²) >= 11 is 16.6. The van der Waals surface area contributed by atoms with E-state index in [2.05, 4.69) is 44.3 Å². The van der Waals surface area contributed by atoms with E-state index in [1.54, 1.807) is 0 Å². The standard InChI is InChI=1S/C26H23Cl2N3S2.C2H6/c27-23-10-8-19(16-22(23)26-21-7-3-2-6-18(21)12-13-29-26)30-33-25-11-9-20(17-24(25)28)31-14-4-1-5-15-32-31;1-2/h2-3,6-13,16-17,30H,1,4-5,14-15H2;1-2H3. The Kier molecular flexibility index (Phi) is 9.50. The van der Waals surface area contributed by atoms with Crippen LogP contribution in [0.3, 0.4) is 0 Å². The fraction of sp³-hybridized carbons (Fsp3) is 0.250. The monoisotopic (exact) mass is 541 g/mol. The molecular formula is C28H29Cl2N3S2. The Hall–Kier alpha value is -2.05. The Bertz CT molecular complexity index is 1270. The molecule has 1 aliphatic heterocycles. The molecule has 0 saturated carbocycles. The number of fused-ring (bicyclic) bond motifs is 1. The van der Waals surface area contributed by atoms with E-state index in [4.69, 9.17) is 23.2 Å². The zero-order valence-electron chi connectivity index (χ0n) is 19.9. The van der Waals surface area contributed by atoms with Gasteiger partial charge in [-0.1, -0.05) is 67.7 Å². The molecule has 35 heavy (non-hydrogen) atoms. The summed E-state index contributed by atoms with van der Waals surface area (Å²) < 4.78 is 5.79. The van der Waals surface area contributed by atoms with Crippen molar-refractivity contribution in [1.82, 2.24) is 4.98 Å². The molecule has 1 aliphatic rings. The molecule has 0 amide bonds. The zero-order chi connectivity index (χ0) is 24.6. The molecule has 3 nitrogen and oxygen atoms in total. The molecule has 0 atom stereocenters. The molecule has 0 spiro atoms. The van der Waals surface area contributed by atoms with Gasteiger partial charge in [-0.3, -0.25) is 4.98 Å². The Labute approximate surface area is 226 Å². The van der Waals surface area contributed by atoms with E-state index in [0.29, 0.717) is 5.02 Å². The van der Waals surface area contributed by atoms with Gasteiger partial charge in [0.2, 0.25) is 0 Å². The quantitative estimate of drug-likeness (QED) is 0.253. The number of nitrogens with one attached hydrogen (secondary N) is 1. The van der Waals surface area contributed by atoms with E-state index in [1.807, 2.05) is 68.4 Å². The van der Waals surface area contributed by atoms with Gasteiger partial charge in [-0.15, -0.1) is 0 Å². The molecule has 182 valence electrons. The third-order valence-electron chi connectivity index (χ3n) is 5.63. The molecule has 0 unspecified atom stereocenters. The van der Waals surface area contributed by atoms with Crippen LogP contribution < -0.4 is 9.03 Å². The zero-order valence-corrected chi connectivity index (χ0v) is 23.1. The topological polar surface area (TPSA) is 28.2 Å². The van der Waals surface area contributed by atoms with Crippen LogP contribution in [-0.2, 0) is 0 Å². The summed E-state index contributed by atoms with van der Waals surface area (Å²) in [4.78, 5) is 5.61. The smallest absolute Gasteiger partial charge is 0.0796 e. The minimum Gasteiger partial charge on any atom is -0.326 e. The third kappa shape index (κ3) is 6.39. The number of anilines is 2. The predicted molar refractivity (Wildman–Crippen MR) is 158 cm³/mol. The number of halogens is 2. The highest BCUT2D eigenvalue weighted by Crippen LogP contribution is 2.37. The van der Waals surface area contributed by atoms with Crippen LogP contribution in [0.15, 0.2) is 77.8 Å². The second kappa shape index (κ2) is 12.8. The molecule has 0 radical (unpaired) electrons. The van der Waals surface area contributed by atoms with Crippen LogP contribution in [0.5, 0.6) is 0 Å². The van der Waals surface area contributed by atoms with E-state index in [1.165, 1.54) is 42.7 Å². The molecule has 0 bridgehead atoms. The van der Waals surface area contributed by atoms with Crippen molar-refractivity contribution in [2.24, 2.45) is 0 Å². The first-order chi connectivity index (χ1) is 17.2. The van der Waals surface area contributed by atoms with Crippen molar-refractivity contribution in [2.45, 2.75) is 38.0 Å². The highest BCUT2D eigenvalue weighted by Gasteiger charge is 2.14. The lowest BCUT2D eigenvalue weighted by Crippen LogP contribution is -2.14. The van der Waals surface area contributed by atoms with Gasteiger partial charge in [0.25, 0.3) is 0 Å². The van der Waals surface area contributed by atoms with Crippen molar-refractivity contribution in [3.63, 3.8) is 0 Å². The molecule has 0 aliphatic carbocycles. The summed E-state index contributed by atoms with van der Waals surface area (Å²) in [7, 11) is 0. The Morgan fingerprint density at radius 2 is 1.77 bits per heavy atom. The number of aromatic nitrogens is 1. The summed E-state index contributed by atoms with van der Waals surface area (Å²) in [6.45, 7) is 5.07. The maximum absolute atomic E-state index is 6.65. The van der Waals surface area contributed by atoms with Crippen LogP contribution in [0.25, 0.3) is 22.0 Å². The molecule has 5 rings (SSSR count). The highest BCUT2D eigenvalue weighted by molar-refractivity contribution is 8.01. The van der Waals surface area contributed by atoms with Crippen molar-refractivity contribution in [3.05, 3.63) is 83.0 Å². The van der Waals surface area contributed by atoms with Crippen molar-refractivity contribution in [3.8, 4) is 11.3 Å². The molecule has 7 heteroatoms. The van der Waals surface area contributed by atoms with Crippen molar-refractivity contribution >= 4 is 69.2 Å². The van der Waals surface area contributed by atoms with Crippen molar-refractivity contribution < 1.29 is 0 Å². The maximum Gasteiger partial charge on any atom is 0.0796 e. The van der Waals surface area contributed by atoms with Gasteiger partial charge in [0.05, 0.1) is 15.7 Å². The summed E-state index contributed by atoms with van der Waals surface area (Å²) in [5, 5.41) is 3.64. The SMILES string of the molecule is CC.Clc1cc(N2CCCCCS2)ccc1SNc1ccc(Cl)c(-c2nccc3ccccc23)c1. The predicted octanol–water partition coefficient (Wildman–Crippen LogP) is 9.99. The van der Waals surface area contributed by atoms with Crippen LogP contribution in [0, 0.1) is 0 Å². The number of pyridine rings is 1. The van der Waals surface area contributed by atoms with Gasteiger partial charge in [-0.2, -0.15) is 0 Å². The summed E-state index contributed by atoms with van der Waals surface area (Å²) in [6, 6.07) is 22.5. The average molecular weight is 543 g/mol. The van der Waals surface area contributed by atoms with Crippen LogP contribution in [0.2, 0.25) is 10.0 Å². The van der Waals surface area contributed by atoms with Gasteiger partial charge in [0.15, 0.2) is 0 Å². The Morgan fingerprint density at radius 3 is 2.63 bits per heavy atom. The molecule has 1 aromatic heterocycles. The Morgan fingerprint density at radius 1 is 0.914 bits per heavy atom. The first kappa shape index (κ1) is 26.0. The lowest BCUT2D eigenvalue weighted by Gasteiger charge is -2.21. The first-order valence-electron chi connectivity index (χ1n) is 12.0. The van der Waals surface area contributed by atoms with Gasteiger partial charge in [0, 0.05) is 45.7 Å². The number of hydrogen-bond donors (Lipinski definition) is 1. The Balaban J connectivity index is 0.00000141. The van der Waals surface area contributed by atoms with Crippen LogP contribution >= 0.6 is 47.1 Å². The van der Waals surface area contributed by atoms with E-state index >= 15 is 0 Å². The summed E-state index contributed by atoms with van der Waals surface area (Å²) in [5.74, 6) is 1.17. The minimum atomic E-state index is 0.673. The lowest BCUT2D eigenvalue weighted by molar-refractivity contribution is 0.751. The van der Waals surface area contributed by atoms with E-state index in [-0.39, 0.29) is 0 Å². The molecule has 1 saturated heterocycles. The van der Waals surface area contributed by atoms with E-state index in [9.17, 15) is 0 Å². The van der Waals surface area contributed by atoms with Crippen LogP contribution in [0.4, 0.5) is 11.4 Å². The fourth-order valence-corrected chi connectivity index (χ4v) is 6.14. The second-order valence-electron chi connectivity index (χ2n) is 7.89. The van der Waals surface area contributed by atoms with Gasteiger partial charge < -0.3 is 9.03 Å². The first-order valence-corrected chi connectivity index (χ1v) is 14.5. The van der Waals surface area contributed by atoms with Crippen LogP contribution in [0.1, 0.15) is 33.1 Å².